The molecule has 7 heteroatoms. The molecule has 0 aromatic heterocycles. The van der Waals surface area contributed by atoms with Crippen molar-refractivity contribution in [1.29, 1.82) is 0 Å². The summed E-state index contributed by atoms with van der Waals surface area (Å²) in [5, 5.41) is 12.8. The largest absolute Gasteiger partial charge is 0.489 e. The molecule has 4 rings (SSSR count). The number of amides is 1. The highest BCUT2D eigenvalue weighted by atomic mass is 35.5. The highest BCUT2D eigenvalue weighted by Crippen LogP contribution is 2.25. The quantitative estimate of drug-likeness (QED) is 0.264. The Hall–Kier alpha value is -4.29. The molecule has 0 heterocycles. The standard InChI is InChI=1S/C30H26ClNO5/c31-25-8-4-7-24(18-25)23-11-15-27(16-12-23)37-20-29(33)32-28(30(34)35)17-21-9-13-26(14-10-21)36-19-22-5-2-1-3-6-22/h1-16,18,28H,17,19-20H2,(H,32,33)(H,34,35). The number of halogens is 1. The van der Waals surface area contributed by atoms with Crippen molar-refractivity contribution in [3.05, 3.63) is 119 Å². The van der Waals surface area contributed by atoms with Gasteiger partial charge < -0.3 is 19.9 Å². The topological polar surface area (TPSA) is 84.9 Å². The molecular formula is C30H26ClNO5. The van der Waals surface area contributed by atoms with Crippen LogP contribution in [-0.4, -0.2) is 29.6 Å². The minimum Gasteiger partial charge on any atom is -0.489 e. The van der Waals surface area contributed by atoms with Gasteiger partial charge in [-0.2, -0.15) is 0 Å². The molecule has 0 spiro atoms. The Labute approximate surface area is 220 Å². The molecule has 0 bridgehead atoms. The minimum absolute atomic E-state index is 0.133. The van der Waals surface area contributed by atoms with E-state index in [0.717, 1.165) is 22.3 Å². The lowest BCUT2D eigenvalue weighted by atomic mass is 10.1. The molecule has 0 saturated carbocycles. The summed E-state index contributed by atoms with van der Waals surface area (Å²) in [4.78, 5) is 24.1. The third-order valence-corrected chi connectivity index (χ3v) is 5.86. The van der Waals surface area contributed by atoms with Crippen molar-refractivity contribution in [3.63, 3.8) is 0 Å². The van der Waals surface area contributed by atoms with E-state index in [1.54, 1.807) is 36.4 Å². The molecule has 1 unspecified atom stereocenters. The Bertz CT molecular complexity index is 1320. The number of hydrogen-bond acceptors (Lipinski definition) is 4. The van der Waals surface area contributed by atoms with Crippen LogP contribution in [0.15, 0.2) is 103 Å². The molecule has 4 aromatic carbocycles. The van der Waals surface area contributed by atoms with Crippen LogP contribution < -0.4 is 14.8 Å². The zero-order valence-electron chi connectivity index (χ0n) is 20.0. The fourth-order valence-corrected chi connectivity index (χ4v) is 3.89. The summed E-state index contributed by atoms with van der Waals surface area (Å²) < 4.78 is 11.3. The summed E-state index contributed by atoms with van der Waals surface area (Å²) in [6.07, 6.45) is 0.133. The second-order valence-electron chi connectivity index (χ2n) is 8.40. The van der Waals surface area contributed by atoms with E-state index in [-0.39, 0.29) is 13.0 Å². The van der Waals surface area contributed by atoms with Gasteiger partial charge in [0, 0.05) is 11.4 Å². The Morgan fingerprint density at radius 1 is 0.757 bits per heavy atom. The molecule has 0 radical (unpaired) electrons. The zero-order chi connectivity index (χ0) is 26.0. The first kappa shape index (κ1) is 25.8. The van der Waals surface area contributed by atoms with Gasteiger partial charge in [-0.3, -0.25) is 4.79 Å². The molecule has 0 fully saturated rings. The molecule has 0 aliphatic carbocycles. The maximum atomic E-state index is 12.4. The monoisotopic (exact) mass is 515 g/mol. The third-order valence-electron chi connectivity index (χ3n) is 5.63. The summed E-state index contributed by atoms with van der Waals surface area (Å²) in [6, 6.07) is 30.6. The molecule has 1 amide bonds. The molecule has 2 N–H and O–H groups in total. The van der Waals surface area contributed by atoms with Crippen molar-refractivity contribution in [3.8, 4) is 22.6 Å². The van der Waals surface area contributed by atoms with E-state index in [0.29, 0.717) is 23.1 Å². The van der Waals surface area contributed by atoms with Crippen molar-refractivity contribution in [2.75, 3.05) is 6.61 Å². The Kier molecular flexibility index (Phi) is 8.79. The van der Waals surface area contributed by atoms with Crippen LogP contribution in [0.2, 0.25) is 5.02 Å². The number of carbonyl (C=O) groups excluding carboxylic acids is 1. The lowest BCUT2D eigenvalue weighted by Gasteiger charge is -2.15. The SMILES string of the molecule is O=C(COc1ccc(-c2cccc(Cl)c2)cc1)NC(Cc1ccc(OCc2ccccc2)cc1)C(=O)O. The van der Waals surface area contributed by atoms with Gasteiger partial charge in [0.25, 0.3) is 5.91 Å². The van der Waals surface area contributed by atoms with Crippen molar-refractivity contribution in [2.45, 2.75) is 19.1 Å². The predicted octanol–water partition coefficient (Wildman–Crippen LogP) is 5.78. The van der Waals surface area contributed by atoms with Crippen molar-refractivity contribution >= 4 is 23.5 Å². The summed E-state index contributed by atoms with van der Waals surface area (Å²) in [7, 11) is 0. The van der Waals surface area contributed by atoms with E-state index in [1.165, 1.54) is 0 Å². The van der Waals surface area contributed by atoms with Gasteiger partial charge in [-0.25, -0.2) is 4.79 Å². The number of carboxylic acid groups (broad SMARTS) is 1. The molecule has 0 aliphatic rings. The number of aliphatic carboxylic acids is 1. The van der Waals surface area contributed by atoms with E-state index in [1.807, 2.05) is 66.7 Å². The maximum absolute atomic E-state index is 12.4. The average Bonchev–Trinajstić information content (AvgIpc) is 2.92. The Balaban J connectivity index is 1.26. The number of ether oxygens (including phenoxy) is 2. The molecule has 4 aromatic rings. The first-order valence-corrected chi connectivity index (χ1v) is 12.1. The highest BCUT2D eigenvalue weighted by Gasteiger charge is 2.20. The smallest absolute Gasteiger partial charge is 0.326 e. The molecule has 1 atom stereocenters. The van der Waals surface area contributed by atoms with E-state index in [2.05, 4.69) is 5.32 Å². The number of nitrogens with one attached hydrogen (secondary N) is 1. The third kappa shape index (κ3) is 7.85. The average molecular weight is 516 g/mol. The van der Waals surface area contributed by atoms with Gasteiger partial charge in [0.15, 0.2) is 6.61 Å². The van der Waals surface area contributed by atoms with Gasteiger partial charge in [-0.1, -0.05) is 78.3 Å². The van der Waals surface area contributed by atoms with Crippen LogP contribution in [0.25, 0.3) is 11.1 Å². The summed E-state index contributed by atoms with van der Waals surface area (Å²) >= 11 is 6.05. The predicted molar refractivity (Wildman–Crippen MR) is 143 cm³/mol. The van der Waals surface area contributed by atoms with Gasteiger partial charge in [0.2, 0.25) is 0 Å². The van der Waals surface area contributed by atoms with Crippen LogP contribution in [0.3, 0.4) is 0 Å². The van der Waals surface area contributed by atoms with Crippen molar-refractivity contribution < 1.29 is 24.2 Å². The normalized spacial score (nSPS) is 11.4. The van der Waals surface area contributed by atoms with Crippen LogP contribution in [0.5, 0.6) is 11.5 Å². The summed E-state index contributed by atoms with van der Waals surface area (Å²) in [5.41, 5.74) is 3.75. The Morgan fingerprint density at radius 2 is 1.43 bits per heavy atom. The second-order valence-corrected chi connectivity index (χ2v) is 8.84. The van der Waals surface area contributed by atoms with E-state index in [4.69, 9.17) is 21.1 Å². The van der Waals surface area contributed by atoms with Crippen LogP contribution in [0.1, 0.15) is 11.1 Å². The molecular weight excluding hydrogens is 490 g/mol. The van der Waals surface area contributed by atoms with Crippen molar-refractivity contribution in [1.82, 2.24) is 5.32 Å². The van der Waals surface area contributed by atoms with Crippen LogP contribution in [0, 0.1) is 0 Å². The van der Waals surface area contributed by atoms with Crippen LogP contribution >= 0.6 is 11.6 Å². The van der Waals surface area contributed by atoms with Gasteiger partial charge in [0.1, 0.15) is 24.1 Å². The minimum atomic E-state index is -1.12. The number of hydrogen-bond donors (Lipinski definition) is 2. The van der Waals surface area contributed by atoms with Crippen molar-refractivity contribution in [2.24, 2.45) is 0 Å². The molecule has 0 saturated heterocycles. The van der Waals surface area contributed by atoms with E-state index >= 15 is 0 Å². The molecule has 0 aliphatic heterocycles. The van der Waals surface area contributed by atoms with E-state index < -0.39 is 17.9 Å². The Morgan fingerprint density at radius 3 is 2.11 bits per heavy atom. The van der Waals surface area contributed by atoms with Gasteiger partial charge in [-0.15, -0.1) is 0 Å². The molecule has 37 heavy (non-hydrogen) atoms. The lowest BCUT2D eigenvalue weighted by Crippen LogP contribution is -2.44. The maximum Gasteiger partial charge on any atom is 0.326 e. The fraction of sp³-hybridized carbons (Fsp3) is 0.133. The molecule has 188 valence electrons. The highest BCUT2D eigenvalue weighted by molar-refractivity contribution is 6.30. The zero-order valence-corrected chi connectivity index (χ0v) is 20.7. The van der Waals surface area contributed by atoms with Gasteiger partial charge >= 0.3 is 5.97 Å². The van der Waals surface area contributed by atoms with E-state index in [9.17, 15) is 14.7 Å². The molecule has 6 nitrogen and oxygen atoms in total. The van der Waals surface area contributed by atoms with Gasteiger partial charge in [0.05, 0.1) is 0 Å². The second kappa shape index (κ2) is 12.6. The number of carboxylic acids is 1. The first-order valence-electron chi connectivity index (χ1n) is 11.7. The fourth-order valence-electron chi connectivity index (χ4n) is 3.69. The van der Waals surface area contributed by atoms with Crippen LogP contribution in [0.4, 0.5) is 0 Å². The lowest BCUT2D eigenvalue weighted by molar-refractivity contribution is -0.142. The number of carbonyl (C=O) groups is 2. The van der Waals surface area contributed by atoms with Gasteiger partial charge in [-0.05, 0) is 58.7 Å². The number of benzene rings is 4. The first-order chi connectivity index (χ1) is 18.0. The van der Waals surface area contributed by atoms with Crippen LogP contribution in [-0.2, 0) is 22.6 Å². The summed E-state index contributed by atoms with van der Waals surface area (Å²) in [5.74, 6) is -0.463. The summed E-state index contributed by atoms with van der Waals surface area (Å²) in [6.45, 7) is 0.143. The number of rotatable bonds is 11.